The predicted molar refractivity (Wildman–Crippen MR) is 69.2 cm³/mol. The summed E-state index contributed by atoms with van der Waals surface area (Å²) < 4.78 is 5.18. The number of hydrogen-bond acceptors (Lipinski definition) is 4. The zero-order valence-corrected chi connectivity index (χ0v) is 10.8. The number of carbonyl (C=O) groups is 1. The molecular weight excluding hydrogens is 238 g/mol. The maximum atomic E-state index is 11.4. The quantitative estimate of drug-likeness (QED) is 0.578. The maximum Gasteiger partial charge on any atom is 0.248 e. The minimum Gasteiger partial charge on any atom is -0.362 e. The first-order chi connectivity index (χ1) is 8.09. The molecule has 0 radical (unpaired) electrons. The van der Waals surface area contributed by atoms with Gasteiger partial charge in [0.25, 0.3) is 0 Å². The lowest BCUT2D eigenvalue weighted by Gasteiger charge is -2.26. The number of ether oxygens (including phenoxy) is 1. The van der Waals surface area contributed by atoms with E-state index in [0.29, 0.717) is 18.7 Å². The standard InChI is InChI=1S/C12H17NO3S/c1-3-16-12(15)7-4-10(5-8-12)13-11(14)6-9-17-2/h4-7,9,15H,3,8H2,1-2H3,(H,13,14)/b9-6-. The highest BCUT2D eigenvalue weighted by Gasteiger charge is 2.25. The van der Waals surface area contributed by atoms with Crippen LogP contribution in [0, 0.1) is 0 Å². The molecule has 0 saturated carbocycles. The third kappa shape index (κ3) is 4.77. The lowest BCUT2D eigenvalue weighted by atomic mass is 10.1. The van der Waals surface area contributed by atoms with Crippen LogP contribution in [0.2, 0.25) is 0 Å². The van der Waals surface area contributed by atoms with Gasteiger partial charge in [0.1, 0.15) is 0 Å². The number of hydrogen-bond donors (Lipinski definition) is 2. The molecule has 0 aliphatic heterocycles. The van der Waals surface area contributed by atoms with E-state index in [4.69, 9.17) is 4.74 Å². The van der Waals surface area contributed by atoms with Crippen molar-refractivity contribution in [3.63, 3.8) is 0 Å². The number of allylic oxidation sites excluding steroid dienone is 1. The first-order valence-corrected chi connectivity index (χ1v) is 6.64. The molecule has 0 saturated heterocycles. The fraction of sp³-hybridized carbons (Fsp3) is 0.417. The molecule has 0 aromatic rings. The number of rotatable bonds is 5. The van der Waals surface area contributed by atoms with E-state index in [0.717, 1.165) is 0 Å². The Kier molecular flexibility index (Phi) is 5.47. The van der Waals surface area contributed by atoms with Crippen LogP contribution < -0.4 is 5.32 Å². The summed E-state index contributed by atoms with van der Waals surface area (Å²) in [6.07, 6.45) is 8.60. The minimum atomic E-state index is -1.24. The first kappa shape index (κ1) is 14.0. The summed E-state index contributed by atoms with van der Waals surface area (Å²) in [7, 11) is 0. The number of carbonyl (C=O) groups excluding carboxylic acids is 1. The van der Waals surface area contributed by atoms with Crippen LogP contribution in [0.4, 0.5) is 0 Å². The Labute approximate surface area is 105 Å². The molecule has 0 aromatic heterocycles. The molecule has 94 valence electrons. The van der Waals surface area contributed by atoms with E-state index in [-0.39, 0.29) is 5.91 Å². The Hall–Kier alpha value is -1.04. The molecule has 1 amide bonds. The Bertz CT molecular complexity index is 363. The average molecular weight is 255 g/mol. The Morgan fingerprint density at radius 3 is 3.06 bits per heavy atom. The highest BCUT2D eigenvalue weighted by Crippen LogP contribution is 2.21. The second-order valence-corrected chi connectivity index (χ2v) is 4.25. The molecular formula is C12H17NO3S. The molecule has 4 nitrogen and oxygen atoms in total. The lowest BCUT2D eigenvalue weighted by molar-refractivity contribution is -0.161. The maximum absolute atomic E-state index is 11.4. The van der Waals surface area contributed by atoms with Gasteiger partial charge in [-0.2, -0.15) is 0 Å². The molecule has 0 spiro atoms. The van der Waals surface area contributed by atoms with Crippen molar-refractivity contribution in [2.45, 2.75) is 19.1 Å². The molecule has 0 heterocycles. The SMILES string of the molecule is CCOC1(O)C=CC(NC(=O)/C=C\SC)=CC1. The van der Waals surface area contributed by atoms with E-state index < -0.39 is 5.79 Å². The van der Waals surface area contributed by atoms with Crippen molar-refractivity contribution < 1.29 is 14.6 Å². The molecule has 0 bridgehead atoms. The van der Waals surface area contributed by atoms with Gasteiger partial charge >= 0.3 is 0 Å². The highest BCUT2D eigenvalue weighted by molar-refractivity contribution is 8.01. The summed E-state index contributed by atoms with van der Waals surface area (Å²) in [4.78, 5) is 11.4. The van der Waals surface area contributed by atoms with E-state index >= 15 is 0 Å². The van der Waals surface area contributed by atoms with Crippen LogP contribution in [-0.2, 0) is 9.53 Å². The molecule has 5 heteroatoms. The average Bonchev–Trinajstić information content (AvgIpc) is 2.30. The Morgan fingerprint density at radius 2 is 2.53 bits per heavy atom. The fourth-order valence-corrected chi connectivity index (χ4v) is 1.64. The second-order valence-electron chi connectivity index (χ2n) is 3.50. The fourth-order valence-electron chi connectivity index (χ4n) is 1.38. The van der Waals surface area contributed by atoms with E-state index in [1.54, 1.807) is 23.6 Å². The van der Waals surface area contributed by atoms with Crippen molar-refractivity contribution in [1.29, 1.82) is 0 Å². The van der Waals surface area contributed by atoms with Gasteiger partial charge in [-0.3, -0.25) is 4.79 Å². The van der Waals surface area contributed by atoms with Crippen LogP contribution in [0.15, 0.2) is 35.4 Å². The minimum absolute atomic E-state index is 0.183. The van der Waals surface area contributed by atoms with Gasteiger partial charge in [0.05, 0.1) is 0 Å². The molecule has 1 rings (SSSR count). The Morgan fingerprint density at radius 1 is 1.76 bits per heavy atom. The van der Waals surface area contributed by atoms with Crippen molar-refractivity contribution in [2.75, 3.05) is 12.9 Å². The first-order valence-electron chi connectivity index (χ1n) is 5.35. The van der Waals surface area contributed by atoms with Crippen LogP contribution in [-0.4, -0.2) is 29.7 Å². The zero-order chi connectivity index (χ0) is 12.7. The summed E-state index contributed by atoms with van der Waals surface area (Å²) in [5.74, 6) is -1.42. The van der Waals surface area contributed by atoms with Crippen molar-refractivity contribution >= 4 is 17.7 Å². The van der Waals surface area contributed by atoms with Crippen molar-refractivity contribution in [2.24, 2.45) is 0 Å². The van der Waals surface area contributed by atoms with Crippen LogP contribution in [0.1, 0.15) is 13.3 Å². The second kappa shape index (κ2) is 6.64. The van der Waals surface area contributed by atoms with E-state index in [1.807, 2.05) is 13.2 Å². The van der Waals surface area contributed by atoms with Gasteiger partial charge in [-0.05, 0) is 30.7 Å². The molecule has 1 unspecified atom stereocenters. The molecule has 1 aliphatic rings. The molecule has 1 atom stereocenters. The van der Waals surface area contributed by atoms with Gasteiger partial charge in [-0.25, -0.2) is 0 Å². The third-order valence-electron chi connectivity index (χ3n) is 2.16. The van der Waals surface area contributed by atoms with E-state index in [9.17, 15) is 9.90 Å². The third-order valence-corrected chi connectivity index (χ3v) is 2.56. The van der Waals surface area contributed by atoms with Crippen LogP contribution in [0.3, 0.4) is 0 Å². The van der Waals surface area contributed by atoms with Crippen molar-refractivity contribution in [3.05, 3.63) is 35.4 Å². The molecule has 17 heavy (non-hydrogen) atoms. The van der Waals surface area contributed by atoms with Gasteiger partial charge in [0, 0.05) is 24.8 Å². The van der Waals surface area contributed by atoms with Crippen molar-refractivity contribution in [1.82, 2.24) is 5.32 Å². The molecule has 0 aromatic carbocycles. The summed E-state index contributed by atoms with van der Waals surface area (Å²) in [5, 5.41) is 14.3. The van der Waals surface area contributed by atoms with Crippen molar-refractivity contribution in [3.8, 4) is 0 Å². The highest BCUT2D eigenvalue weighted by atomic mass is 32.2. The topological polar surface area (TPSA) is 58.6 Å². The van der Waals surface area contributed by atoms with E-state index in [2.05, 4.69) is 5.32 Å². The summed E-state index contributed by atoms with van der Waals surface area (Å²) in [6.45, 7) is 2.26. The van der Waals surface area contributed by atoms with E-state index in [1.165, 1.54) is 17.8 Å². The molecule has 2 N–H and O–H groups in total. The van der Waals surface area contributed by atoms with Gasteiger partial charge in [-0.1, -0.05) is 6.08 Å². The van der Waals surface area contributed by atoms with Gasteiger partial charge in [-0.15, -0.1) is 11.8 Å². The van der Waals surface area contributed by atoms with Gasteiger partial charge in [0.2, 0.25) is 5.91 Å². The zero-order valence-electron chi connectivity index (χ0n) is 9.97. The number of amides is 1. The Balaban J connectivity index is 2.50. The summed E-state index contributed by atoms with van der Waals surface area (Å²) in [6, 6.07) is 0. The van der Waals surface area contributed by atoms with Crippen LogP contribution in [0.5, 0.6) is 0 Å². The number of thioether (sulfide) groups is 1. The summed E-state index contributed by atoms with van der Waals surface area (Å²) >= 11 is 1.46. The monoisotopic (exact) mass is 255 g/mol. The smallest absolute Gasteiger partial charge is 0.248 e. The summed E-state index contributed by atoms with van der Waals surface area (Å²) in [5.41, 5.74) is 0.671. The van der Waals surface area contributed by atoms with Gasteiger partial charge in [0.15, 0.2) is 5.79 Å². The normalized spacial score (nSPS) is 23.8. The molecule has 1 aliphatic carbocycles. The number of aliphatic hydroxyl groups is 1. The lowest BCUT2D eigenvalue weighted by Crippen LogP contribution is -2.32. The predicted octanol–water partition coefficient (Wildman–Crippen LogP) is 1.55. The largest absolute Gasteiger partial charge is 0.362 e. The van der Waals surface area contributed by atoms with Crippen LogP contribution in [0.25, 0.3) is 0 Å². The van der Waals surface area contributed by atoms with Crippen LogP contribution >= 0.6 is 11.8 Å². The van der Waals surface area contributed by atoms with Gasteiger partial charge < -0.3 is 15.2 Å². The number of nitrogens with one attached hydrogen (secondary N) is 1. The molecule has 0 fully saturated rings.